The van der Waals surface area contributed by atoms with Crippen molar-refractivity contribution in [1.82, 2.24) is 19.7 Å². The summed E-state index contributed by atoms with van der Waals surface area (Å²) in [6, 6.07) is 12.3. The minimum atomic E-state index is -1.24. The van der Waals surface area contributed by atoms with Gasteiger partial charge in [0.1, 0.15) is 29.8 Å². The van der Waals surface area contributed by atoms with Gasteiger partial charge in [0.15, 0.2) is 0 Å². The van der Waals surface area contributed by atoms with Gasteiger partial charge >= 0.3 is 0 Å². The molecule has 6 nitrogen and oxygen atoms in total. The molecule has 1 N–H and O–H groups in total. The van der Waals surface area contributed by atoms with Crippen molar-refractivity contribution < 1.29 is 9.84 Å². The molecule has 1 heterocycles. The molecule has 27 heavy (non-hydrogen) atoms. The van der Waals surface area contributed by atoms with E-state index in [1.54, 1.807) is 53.5 Å². The Kier molecular flexibility index (Phi) is 6.01. The van der Waals surface area contributed by atoms with Gasteiger partial charge in [-0.1, -0.05) is 29.3 Å². The number of rotatable bonds is 7. The van der Waals surface area contributed by atoms with Crippen molar-refractivity contribution in [3.05, 3.63) is 70.7 Å². The van der Waals surface area contributed by atoms with Crippen LogP contribution in [0, 0.1) is 0 Å². The summed E-state index contributed by atoms with van der Waals surface area (Å²) in [6.07, 6.45) is 2.99. The molecule has 142 valence electrons. The van der Waals surface area contributed by atoms with E-state index in [2.05, 4.69) is 10.1 Å². The first kappa shape index (κ1) is 19.6. The fourth-order valence-electron chi connectivity index (χ4n) is 2.90. The number of hydrogen-bond acceptors (Lipinski definition) is 5. The highest BCUT2D eigenvalue weighted by molar-refractivity contribution is 6.31. The molecule has 3 aromatic rings. The largest absolute Gasteiger partial charge is 0.457 e. The Hall–Kier alpha value is -2.12. The molecule has 0 amide bonds. The number of aliphatic hydroxyl groups is 1. The van der Waals surface area contributed by atoms with Crippen molar-refractivity contribution in [3.63, 3.8) is 0 Å². The maximum atomic E-state index is 11.3. The van der Waals surface area contributed by atoms with Crippen molar-refractivity contribution >= 4 is 23.2 Å². The van der Waals surface area contributed by atoms with Crippen molar-refractivity contribution in [3.8, 4) is 11.5 Å². The van der Waals surface area contributed by atoms with E-state index in [1.165, 1.54) is 6.33 Å². The van der Waals surface area contributed by atoms with Crippen molar-refractivity contribution in [2.45, 2.75) is 12.1 Å². The van der Waals surface area contributed by atoms with Crippen LogP contribution in [-0.2, 0) is 12.1 Å². The fraction of sp³-hybridized carbons (Fsp3) is 0.263. The summed E-state index contributed by atoms with van der Waals surface area (Å²) in [5.41, 5.74) is -0.649. The summed E-state index contributed by atoms with van der Waals surface area (Å²) in [6.45, 7) is 0.590. The highest BCUT2D eigenvalue weighted by atomic mass is 35.5. The Balaban J connectivity index is 1.87. The molecule has 0 aliphatic carbocycles. The van der Waals surface area contributed by atoms with Gasteiger partial charge in [-0.2, -0.15) is 5.10 Å². The lowest BCUT2D eigenvalue weighted by Crippen LogP contribution is -2.41. The molecular formula is C19H20Cl2N4O2. The highest BCUT2D eigenvalue weighted by Gasteiger charge is 2.33. The molecule has 0 aliphatic heterocycles. The lowest BCUT2D eigenvalue weighted by atomic mass is 9.93. The Bertz CT molecular complexity index is 885. The van der Waals surface area contributed by atoms with Crippen LogP contribution in [0.1, 0.15) is 5.56 Å². The van der Waals surface area contributed by atoms with Gasteiger partial charge < -0.3 is 14.7 Å². The first-order chi connectivity index (χ1) is 12.9. The molecule has 3 rings (SSSR count). The standard InChI is InChI=1S/C19H20Cl2N4O2/c1-24(2)10-19(26,11-25-13-22-12-23-25)17-8-7-16(9-18(17)21)27-15-5-3-14(20)4-6-15/h3-9,12-13,26H,10-11H2,1-2H3. The minimum Gasteiger partial charge on any atom is -0.457 e. The molecule has 0 saturated carbocycles. The van der Waals surface area contributed by atoms with Gasteiger partial charge in [-0.05, 0) is 50.5 Å². The number of likely N-dealkylation sites (N-methyl/N-ethyl adjacent to an activating group) is 1. The summed E-state index contributed by atoms with van der Waals surface area (Å²) in [7, 11) is 3.77. The van der Waals surface area contributed by atoms with Gasteiger partial charge in [0.25, 0.3) is 0 Å². The fourth-order valence-corrected chi connectivity index (χ4v) is 3.37. The lowest BCUT2D eigenvalue weighted by molar-refractivity contribution is -0.00759. The van der Waals surface area contributed by atoms with Gasteiger partial charge in [0.05, 0.1) is 11.6 Å². The second kappa shape index (κ2) is 8.27. The third-order valence-electron chi connectivity index (χ3n) is 3.96. The molecule has 0 radical (unpaired) electrons. The molecule has 0 saturated heterocycles. The van der Waals surface area contributed by atoms with Crippen LogP contribution in [0.2, 0.25) is 10.0 Å². The zero-order valence-corrected chi connectivity index (χ0v) is 16.5. The van der Waals surface area contributed by atoms with E-state index in [0.29, 0.717) is 33.7 Å². The van der Waals surface area contributed by atoms with Crippen LogP contribution >= 0.6 is 23.2 Å². The van der Waals surface area contributed by atoms with Crippen molar-refractivity contribution in [2.24, 2.45) is 0 Å². The summed E-state index contributed by atoms with van der Waals surface area (Å²) in [5.74, 6) is 1.22. The van der Waals surface area contributed by atoms with Crippen LogP contribution in [0.4, 0.5) is 0 Å². The van der Waals surface area contributed by atoms with Crippen molar-refractivity contribution in [2.75, 3.05) is 20.6 Å². The van der Waals surface area contributed by atoms with Gasteiger partial charge in [-0.25, -0.2) is 9.67 Å². The van der Waals surface area contributed by atoms with E-state index in [-0.39, 0.29) is 6.54 Å². The molecule has 8 heteroatoms. The highest BCUT2D eigenvalue weighted by Crippen LogP contribution is 2.34. The second-order valence-corrected chi connectivity index (χ2v) is 7.40. The molecule has 2 aromatic carbocycles. The Morgan fingerprint density at radius 2 is 1.81 bits per heavy atom. The molecular weight excluding hydrogens is 387 g/mol. The lowest BCUT2D eigenvalue weighted by Gasteiger charge is -2.32. The third kappa shape index (κ3) is 4.99. The number of benzene rings is 2. The van der Waals surface area contributed by atoms with E-state index in [4.69, 9.17) is 27.9 Å². The van der Waals surface area contributed by atoms with Gasteiger partial charge in [-0.3, -0.25) is 0 Å². The van der Waals surface area contributed by atoms with Crippen LogP contribution in [0.25, 0.3) is 0 Å². The third-order valence-corrected chi connectivity index (χ3v) is 4.52. The van der Waals surface area contributed by atoms with E-state index in [0.717, 1.165) is 0 Å². The Morgan fingerprint density at radius 1 is 1.11 bits per heavy atom. The molecule has 0 aliphatic rings. The molecule has 1 unspecified atom stereocenters. The van der Waals surface area contributed by atoms with E-state index >= 15 is 0 Å². The molecule has 0 spiro atoms. The van der Waals surface area contributed by atoms with Gasteiger partial charge in [0.2, 0.25) is 0 Å². The SMILES string of the molecule is CN(C)CC(O)(Cn1cncn1)c1ccc(Oc2ccc(Cl)cc2)cc1Cl. The number of ether oxygens (including phenoxy) is 1. The van der Waals surface area contributed by atoms with Crippen LogP contribution < -0.4 is 4.74 Å². The molecule has 0 bridgehead atoms. The first-order valence-corrected chi connectivity index (χ1v) is 9.04. The topological polar surface area (TPSA) is 63.4 Å². The zero-order valence-electron chi connectivity index (χ0n) is 15.0. The average Bonchev–Trinajstić information content (AvgIpc) is 3.08. The number of aromatic nitrogens is 3. The minimum absolute atomic E-state index is 0.224. The summed E-state index contributed by atoms with van der Waals surface area (Å²) < 4.78 is 7.39. The second-order valence-electron chi connectivity index (χ2n) is 6.56. The zero-order chi connectivity index (χ0) is 19.4. The van der Waals surface area contributed by atoms with Crippen LogP contribution in [0.15, 0.2) is 55.1 Å². The molecule has 1 atom stereocenters. The maximum absolute atomic E-state index is 11.3. The van der Waals surface area contributed by atoms with Gasteiger partial charge in [0, 0.05) is 17.1 Å². The average molecular weight is 407 g/mol. The van der Waals surface area contributed by atoms with Crippen molar-refractivity contribution in [1.29, 1.82) is 0 Å². The summed E-state index contributed by atoms with van der Waals surface area (Å²) in [4.78, 5) is 5.83. The summed E-state index contributed by atoms with van der Waals surface area (Å²) >= 11 is 12.4. The van der Waals surface area contributed by atoms with Crippen LogP contribution in [0.5, 0.6) is 11.5 Å². The quantitative estimate of drug-likeness (QED) is 0.645. The normalized spacial score (nSPS) is 13.6. The monoisotopic (exact) mass is 406 g/mol. The predicted molar refractivity (Wildman–Crippen MR) is 105 cm³/mol. The van der Waals surface area contributed by atoms with E-state index in [9.17, 15) is 5.11 Å². The van der Waals surface area contributed by atoms with Crippen LogP contribution in [-0.4, -0.2) is 45.4 Å². The summed E-state index contributed by atoms with van der Waals surface area (Å²) in [5, 5.41) is 16.5. The molecule has 0 fully saturated rings. The Morgan fingerprint density at radius 3 is 2.41 bits per heavy atom. The van der Waals surface area contributed by atoms with E-state index in [1.807, 2.05) is 19.0 Å². The van der Waals surface area contributed by atoms with Crippen LogP contribution in [0.3, 0.4) is 0 Å². The maximum Gasteiger partial charge on any atom is 0.137 e. The number of halogens is 2. The van der Waals surface area contributed by atoms with Gasteiger partial charge in [-0.15, -0.1) is 0 Å². The molecule has 1 aromatic heterocycles. The number of nitrogens with zero attached hydrogens (tertiary/aromatic N) is 4. The smallest absolute Gasteiger partial charge is 0.137 e. The predicted octanol–water partition coefficient (Wildman–Crippen LogP) is 3.83. The van der Waals surface area contributed by atoms with E-state index < -0.39 is 5.60 Å². The Labute approximate surface area is 167 Å². The number of hydrogen-bond donors (Lipinski definition) is 1. The first-order valence-electron chi connectivity index (χ1n) is 8.29.